The van der Waals surface area contributed by atoms with Crippen LogP contribution in [0.3, 0.4) is 0 Å². The van der Waals surface area contributed by atoms with Crippen LogP contribution in [0, 0.1) is 5.92 Å². The lowest BCUT2D eigenvalue weighted by atomic mass is 10.1. The number of rotatable bonds is 7. The summed E-state index contributed by atoms with van der Waals surface area (Å²) in [7, 11) is 2.01. The standard InChI is InChI=1S/C16H25BrN2/c1-12(2)8-9-19(15-5-6-15)16-7-4-14(17)10-13(16)11-18-3/h4,7,10,12,15,18H,5-6,8-9,11H2,1-3H3. The van der Waals surface area contributed by atoms with Crippen LogP contribution in [0.2, 0.25) is 0 Å². The Labute approximate surface area is 125 Å². The fourth-order valence-corrected chi connectivity index (χ4v) is 2.86. The van der Waals surface area contributed by atoms with Crippen LogP contribution in [0.4, 0.5) is 5.69 Å². The van der Waals surface area contributed by atoms with Gasteiger partial charge in [0.2, 0.25) is 0 Å². The predicted molar refractivity (Wildman–Crippen MR) is 86.7 cm³/mol. The lowest BCUT2D eigenvalue weighted by Crippen LogP contribution is -2.29. The molecular weight excluding hydrogens is 300 g/mol. The van der Waals surface area contributed by atoms with Gasteiger partial charge in [0.1, 0.15) is 0 Å². The summed E-state index contributed by atoms with van der Waals surface area (Å²) < 4.78 is 1.17. The summed E-state index contributed by atoms with van der Waals surface area (Å²) in [4.78, 5) is 2.62. The number of hydrogen-bond donors (Lipinski definition) is 1. The van der Waals surface area contributed by atoms with Crippen LogP contribution in [0.25, 0.3) is 0 Å². The molecular formula is C16H25BrN2. The summed E-state index contributed by atoms with van der Waals surface area (Å²) in [6.45, 7) is 6.72. The molecule has 0 unspecified atom stereocenters. The molecule has 0 aromatic heterocycles. The van der Waals surface area contributed by atoms with Gasteiger partial charge in [0.25, 0.3) is 0 Å². The average Bonchev–Trinajstić information content (AvgIpc) is 3.16. The van der Waals surface area contributed by atoms with Crippen molar-refractivity contribution in [1.29, 1.82) is 0 Å². The summed E-state index contributed by atoms with van der Waals surface area (Å²) in [6.07, 6.45) is 3.98. The Morgan fingerprint density at radius 3 is 2.68 bits per heavy atom. The maximum absolute atomic E-state index is 3.58. The molecule has 3 heteroatoms. The molecule has 0 amide bonds. The van der Waals surface area contributed by atoms with E-state index in [1.807, 2.05) is 7.05 Å². The number of hydrogen-bond acceptors (Lipinski definition) is 2. The van der Waals surface area contributed by atoms with Crippen molar-refractivity contribution in [1.82, 2.24) is 5.32 Å². The van der Waals surface area contributed by atoms with Gasteiger partial charge in [-0.2, -0.15) is 0 Å². The Morgan fingerprint density at radius 1 is 1.37 bits per heavy atom. The summed E-state index contributed by atoms with van der Waals surface area (Å²) >= 11 is 3.58. The van der Waals surface area contributed by atoms with E-state index >= 15 is 0 Å². The largest absolute Gasteiger partial charge is 0.368 e. The molecule has 0 atom stereocenters. The van der Waals surface area contributed by atoms with Crippen LogP contribution in [0.1, 0.15) is 38.7 Å². The molecule has 1 aliphatic carbocycles. The van der Waals surface area contributed by atoms with E-state index < -0.39 is 0 Å². The quantitative estimate of drug-likeness (QED) is 0.809. The van der Waals surface area contributed by atoms with Crippen molar-refractivity contribution < 1.29 is 0 Å². The van der Waals surface area contributed by atoms with Gasteiger partial charge in [-0.1, -0.05) is 29.8 Å². The molecule has 0 radical (unpaired) electrons. The van der Waals surface area contributed by atoms with Crippen LogP contribution in [-0.4, -0.2) is 19.6 Å². The molecule has 0 spiro atoms. The Bertz CT molecular complexity index is 413. The molecule has 0 bridgehead atoms. The molecule has 0 aliphatic heterocycles. The van der Waals surface area contributed by atoms with Crippen LogP contribution < -0.4 is 10.2 Å². The minimum Gasteiger partial charge on any atom is -0.368 e. The molecule has 1 saturated carbocycles. The zero-order valence-electron chi connectivity index (χ0n) is 12.2. The molecule has 0 heterocycles. The van der Waals surface area contributed by atoms with Gasteiger partial charge in [-0.25, -0.2) is 0 Å². The van der Waals surface area contributed by atoms with Crippen molar-refractivity contribution in [2.45, 2.75) is 45.7 Å². The summed E-state index contributed by atoms with van der Waals surface area (Å²) in [5.74, 6) is 0.768. The van der Waals surface area contributed by atoms with Gasteiger partial charge in [-0.3, -0.25) is 0 Å². The third-order valence-electron chi connectivity index (χ3n) is 3.65. The van der Waals surface area contributed by atoms with Crippen LogP contribution in [0.15, 0.2) is 22.7 Å². The van der Waals surface area contributed by atoms with Crippen molar-refractivity contribution in [3.8, 4) is 0 Å². The van der Waals surface area contributed by atoms with Crippen molar-refractivity contribution >= 4 is 21.6 Å². The van der Waals surface area contributed by atoms with Crippen LogP contribution in [-0.2, 0) is 6.54 Å². The summed E-state index contributed by atoms with van der Waals surface area (Å²) in [5, 5.41) is 3.28. The minimum atomic E-state index is 0.768. The van der Waals surface area contributed by atoms with E-state index in [0.29, 0.717) is 0 Å². The number of nitrogens with zero attached hydrogens (tertiary/aromatic N) is 1. The predicted octanol–water partition coefficient (Wildman–Crippen LogP) is 4.18. The average molecular weight is 325 g/mol. The number of anilines is 1. The number of benzene rings is 1. The third kappa shape index (κ3) is 4.22. The Morgan fingerprint density at radius 2 is 2.11 bits per heavy atom. The van der Waals surface area contributed by atoms with E-state index in [1.165, 1.54) is 41.5 Å². The van der Waals surface area contributed by atoms with Crippen molar-refractivity contribution in [3.05, 3.63) is 28.2 Å². The molecule has 106 valence electrons. The first-order valence-corrected chi connectivity index (χ1v) is 8.10. The molecule has 1 aliphatic rings. The second kappa shape index (κ2) is 6.76. The second-order valence-corrected chi connectivity index (χ2v) is 6.83. The fraction of sp³-hybridized carbons (Fsp3) is 0.625. The van der Waals surface area contributed by atoms with Gasteiger partial charge in [-0.05, 0) is 56.0 Å². The van der Waals surface area contributed by atoms with Crippen LogP contribution in [0.5, 0.6) is 0 Å². The first-order chi connectivity index (χ1) is 9.11. The van der Waals surface area contributed by atoms with E-state index in [0.717, 1.165) is 18.5 Å². The molecule has 1 aromatic carbocycles. The third-order valence-corrected chi connectivity index (χ3v) is 4.15. The lowest BCUT2D eigenvalue weighted by molar-refractivity contribution is 0.569. The molecule has 1 fully saturated rings. The zero-order valence-corrected chi connectivity index (χ0v) is 13.8. The number of nitrogens with one attached hydrogen (secondary N) is 1. The van der Waals surface area contributed by atoms with E-state index in [1.54, 1.807) is 0 Å². The molecule has 2 nitrogen and oxygen atoms in total. The van der Waals surface area contributed by atoms with Crippen molar-refractivity contribution in [2.75, 3.05) is 18.5 Å². The van der Waals surface area contributed by atoms with Gasteiger partial charge in [0.15, 0.2) is 0 Å². The topological polar surface area (TPSA) is 15.3 Å². The minimum absolute atomic E-state index is 0.768. The molecule has 2 rings (SSSR count). The zero-order chi connectivity index (χ0) is 13.8. The van der Waals surface area contributed by atoms with Gasteiger partial charge < -0.3 is 10.2 Å². The summed E-state index contributed by atoms with van der Waals surface area (Å²) in [6, 6.07) is 7.46. The first-order valence-electron chi connectivity index (χ1n) is 7.31. The van der Waals surface area contributed by atoms with Crippen molar-refractivity contribution in [2.24, 2.45) is 5.92 Å². The highest BCUT2D eigenvalue weighted by atomic mass is 79.9. The molecule has 1 N–H and O–H groups in total. The van der Waals surface area contributed by atoms with E-state index in [4.69, 9.17) is 0 Å². The summed E-state index contributed by atoms with van der Waals surface area (Å²) in [5.41, 5.74) is 2.81. The maximum atomic E-state index is 3.58. The Balaban J connectivity index is 2.19. The van der Waals surface area contributed by atoms with E-state index in [9.17, 15) is 0 Å². The molecule has 19 heavy (non-hydrogen) atoms. The fourth-order valence-electron chi connectivity index (χ4n) is 2.45. The normalized spacial score (nSPS) is 15.0. The highest BCUT2D eigenvalue weighted by Crippen LogP contribution is 2.35. The molecule has 0 saturated heterocycles. The van der Waals surface area contributed by atoms with Gasteiger partial charge in [-0.15, -0.1) is 0 Å². The second-order valence-electron chi connectivity index (χ2n) is 5.91. The van der Waals surface area contributed by atoms with Gasteiger partial charge in [0, 0.05) is 29.3 Å². The lowest BCUT2D eigenvalue weighted by Gasteiger charge is -2.28. The van der Waals surface area contributed by atoms with E-state index in [-0.39, 0.29) is 0 Å². The van der Waals surface area contributed by atoms with E-state index in [2.05, 4.69) is 58.2 Å². The Kier molecular flexibility index (Phi) is 5.28. The van der Waals surface area contributed by atoms with Gasteiger partial charge >= 0.3 is 0 Å². The SMILES string of the molecule is CNCc1cc(Br)ccc1N(CCC(C)C)C1CC1. The smallest absolute Gasteiger partial charge is 0.0415 e. The highest BCUT2D eigenvalue weighted by molar-refractivity contribution is 9.10. The number of halogens is 1. The van der Waals surface area contributed by atoms with Crippen molar-refractivity contribution in [3.63, 3.8) is 0 Å². The first kappa shape index (κ1) is 14.9. The highest BCUT2D eigenvalue weighted by Gasteiger charge is 2.30. The van der Waals surface area contributed by atoms with Crippen LogP contribution >= 0.6 is 15.9 Å². The Hall–Kier alpha value is -0.540. The molecule has 1 aromatic rings. The monoisotopic (exact) mass is 324 g/mol. The maximum Gasteiger partial charge on any atom is 0.0415 e. The van der Waals surface area contributed by atoms with Gasteiger partial charge in [0.05, 0.1) is 0 Å².